The van der Waals surface area contributed by atoms with Gasteiger partial charge in [0.15, 0.2) is 5.75 Å². The van der Waals surface area contributed by atoms with Gasteiger partial charge >= 0.3 is 0 Å². The van der Waals surface area contributed by atoms with Crippen molar-refractivity contribution >= 4 is 23.1 Å². The van der Waals surface area contributed by atoms with Crippen LogP contribution in [0.25, 0.3) is 0 Å². The summed E-state index contributed by atoms with van der Waals surface area (Å²) in [6.45, 7) is 3.09. The van der Waals surface area contributed by atoms with Gasteiger partial charge in [0.1, 0.15) is 12.4 Å². The molecule has 0 saturated carbocycles. The first-order valence-electron chi connectivity index (χ1n) is 8.54. The predicted octanol–water partition coefficient (Wildman–Crippen LogP) is 3.27. The molecule has 0 atom stereocenters. The van der Waals surface area contributed by atoms with Crippen molar-refractivity contribution in [3.8, 4) is 11.6 Å². The topological polar surface area (TPSA) is 87.6 Å². The Balaban J connectivity index is 1.66. The summed E-state index contributed by atoms with van der Waals surface area (Å²) in [6, 6.07) is 12.4. The van der Waals surface area contributed by atoms with Gasteiger partial charge in [-0.15, -0.1) is 0 Å². The van der Waals surface area contributed by atoms with Crippen LogP contribution in [0.1, 0.15) is 15.9 Å². The third-order valence-corrected chi connectivity index (χ3v) is 4.27. The van der Waals surface area contributed by atoms with Gasteiger partial charge in [-0.2, -0.15) is 0 Å². The molecular formula is C20H18N4O3. The van der Waals surface area contributed by atoms with E-state index in [1.807, 2.05) is 42.3 Å². The Morgan fingerprint density at radius 2 is 2.04 bits per heavy atom. The van der Waals surface area contributed by atoms with Gasteiger partial charge in [0.25, 0.3) is 5.91 Å². The molecule has 136 valence electrons. The van der Waals surface area contributed by atoms with Gasteiger partial charge in [-0.1, -0.05) is 12.1 Å². The SMILES string of the molecule is Cc1ccc(N2CCOc3c(C(=O)Nc4ccc(O)nc4)cccc32)nc1. The molecule has 2 aromatic heterocycles. The van der Waals surface area contributed by atoms with Crippen LogP contribution in [0.5, 0.6) is 11.6 Å². The maximum Gasteiger partial charge on any atom is 0.259 e. The van der Waals surface area contributed by atoms with Crippen LogP contribution in [0, 0.1) is 6.92 Å². The molecule has 7 heteroatoms. The molecule has 0 bridgehead atoms. The highest BCUT2D eigenvalue weighted by atomic mass is 16.5. The number of carbonyl (C=O) groups is 1. The predicted molar refractivity (Wildman–Crippen MR) is 102 cm³/mol. The van der Waals surface area contributed by atoms with Crippen molar-refractivity contribution in [1.82, 2.24) is 9.97 Å². The standard InChI is InChI=1S/C20H18N4O3/c1-13-5-7-17(21-11-13)24-9-10-27-19-15(3-2-4-16(19)24)20(26)23-14-6-8-18(25)22-12-14/h2-8,11-12H,9-10H2,1H3,(H,22,25)(H,23,26). The van der Waals surface area contributed by atoms with Crippen molar-refractivity contribution in [2.45, 2.75) is 6.92 Å². The number of aromatic nitrogens is 2. The first kappa shape index (κ1) is 16.8. The molecule has 3 heterocycles. The van der Waals surface area contributed by atoms with Crippen LogP contribution in [0.2, 0.25) is 0 Å². The number of para-hydroxylation sites is 1. The highest BCUT2D eigenvalue weighted by Gasteiger charge is 2.25. The zero-order valence-corrected chi connectivity index (χ0v) is 14.7. The molecule has 0 fully saturated rings. The fourth-order valence-electron chi connectivity index (χ4n) is 2.94. The van der Waals surface area contributed by atoms with Crippen LogP contribution < -0.4 is 15.0 Å². The fraction of sp³-hybridized carbons (Fsp3) is 0.150. The minimum absolute atomic E-state index is 0.102. The largest absolute Gasteiger partial charge is 0.493 e. The number of hydrogen-bond acceptors (Lipinski definition) is 6. The lowest BCUT2D eigenvalue weighted by Gasteiger charge is -2.31. The third-order valence-electron chi connectivity index (χ3n) is 4.27. The molecule has 4 rings (SSSR count). The number of amides is 1. The van der Waals surface area contributed by atoms with Crippen molar-refractivity contribution in [2.75, 3.05) is 23.4 Å². The first-order valence-corrected chi connectivity index (χ1v) is 8.54. The fourth-order valence-corrected chi connectivity index (χ4v) is 2.94. The number of fused-ring (bicyclic) bond motifs is 1. The second-order valence-electron chi connectivity index (χ2n) is 6.21. The van der Waals surface area contributed by atoms with Crippen LogP contribution in [0.3, 0.4) is 0 Å². The lowest BCUT2D eigenvalue weighted by atomic mass is 10.1. The monoisotopic (exact) mass is 362 g/mol. The van der Waals surface area contributed by atoms with E-state index in [1.54, 1.807) is 12.1 Å². The maximum atomic E-state index is 12.7. The van der Waals surface area contributed by atoms with E-state index in [0.717, 1.165) is 17.1 Å². The molecule has 0 unspecified atom stereocenters. The second kappa shape index (κ2) is 6.95. The lowest BCUT2D eigenvalue weighted by Crippen LogP contribution is -2.30. The number of ether oxygens (including phenoxy) is 1. The van der Waals surface area contributed by atoms with Crippen LogP contribution in [0.15, 0.2) is 54.9 Å². The molecule has 1 aromatic carbocycles. The number of pyridine rings is 2. The first-order chi connectivity index (χ1) is 13.1. The van der Waals surface area contributed by atoms with Gasteiger partial charge in [-0.05, 0) is 36.8 Å². The number of anilines is 3. The number of carbonyl (C=O) groups excluding carboxylic acids is 1. The molecule has 1 amide bonds. The zero-order valence-electron chi connectivity index (χ0n) is 14.7. The molecule has 3 aromatic rings. The number of benzene rings is 1. The molecule has 1 aliphatic heterocycles. The van der Waals surface area contributed by atoms with E-state index >= 15 is 0 Å². The van der Waals surface area contributed by atoms with Gasteiger partial charge in [0.05, 0.1) is 29.7 Å². The molecule has 0 radical (unpaired) electrons. The Morgan fingerprint density at radius 3 is 2.78 bits per heavy atom. The number of nitrogens with one attached hydrogen (secondary N) is 1. The van der Waals surface area contributed by atoms with E-state index in [2.05, 4.69) is 15.3 Å². The number of hydrogen-bond donors (Lipinski definition) is 2. The Labute approximate surface area is 156 Å². The van der Waals surface area contributed by atoms with Crippen LogP contribution >= 0.6 is 0 Å². The van der Waals surface area contributed by atoms with E-state index < -0.39 is 0 Å². The molecule has 2 N–H and O–H groups in total. The zero-order chi connectivity index (χ0) is 18.8. The van der Waals surface area contributed by atoms with Crippen molar-refractivity contribution in [1.29, 1.82) is 0 Å². The highest BCUT2D eigenvalue weighted by molar-refractivity contribution is 6.07. The smallest absolute Gasteiger partial charge is 0.259 e. The minimum atomic E-state index is -0.307. The quantitative estimate of drug-likeness (QED) is 0.743. The Morgan fingerprint density at radius 1 is 1.15 bits per heavy atom. The summed E-state index contributed by atoms with van der Waals surface area (Å²) in [7, 11) is 0. The summed E-state index contributed by atoms with van der Waals surface area (Å²) in [5.74, 6) is 0.925. The molecule has 27 heavy (non-hydrogen) atoms. The van der Waals surface area contributed by atoms with E-state index in [0.29, 0.717) is 30.2 Å². The summed E-state index contributed by atoms with van der Waals surface area (Å²) in [5.41, 5.74) is 2.80. The van der Waals surface area contributed by atoms with Crippen LogP contribution in [-0.4, -0.2) is 34.1 Å². The molecule has 0 spiro atoms. The van der Waals surface area contributed by atoms with Crippen molar-refractivity contribution < 1.29 is 14.6 Å². The van der Waals surface area contributed by atoms with Crippen molar-refractivity contribution in [2.24, 2.45) is 0 Å². The third kappa shape index (κ3) is 3.39. The number of aromatic hydroxyl groups is 1. The Hall–Kier alpha value is -3.61. The van der Waals surface area contributed by atoms with E-state index in [1.165, 1.54) is 12.3 Å². The molecule has 0 saturated heterocycles. The average molecular weight is 362 g/mol. The Bertz CT molecular complexity index is 972. The van der Waals surface area contributed by atoms with Gasteiger partial charge in [0, 0.05) is 12.3 Å². The van der Waals surface area contributed by atoms with Gasteiger partial charge in [-0.25, -0.2) is 9.97 Å². The van der Waals surface area contributed by atoms with Crippen molar-refractivity contribution in [3.63, 3.8) is 0 Å². The summed E-state index contributed by atoms with van der Waals surface area (Å²) in [4.78, 5) is 23.0. The number of nitrogens with zero attached hydrogens (tertiary/aromatic N) is 3. The average Bonchev–Trinajstić information content (AvgIpc) is 2.69. The van der Waals surface area contributed by atoms with Gasteiger partial charge in [0.2, 0.25) is 5.88 Å². The minimum Gasteiger partial charge on any atom is -0.493 e. The van der Waals surface area contributed by atoms with Gasteiger partial charge < -0.3 is 20.1 Å². The molecular weight excluding hydrogens is 344 g/mol. The normalized spacial score (nSPS) is 12.9. The highest BCUT2D eigenvalue weighted by Crippen LogP contribution is 2.38. The van der Waals surface area contributed by atoms with E-state index in [4.69, 9.17) is 4.74 Å². The summed E-state index contributed by atoms with van der Waals surface area (Å²) in [6.07, 6.45) is 3.21. The summed E-state index contributed by atoms with van der Waals surface area (Å²) in [5, 5.41) is 12.0. The summed E-state index contributed by atoms with van der Waals surface area (Å²) >= 11 is 0. The lowest BCUT2D eigenvalue weighted by molar-refractivity contribution is 0.102. The van der Waals surface area contributed by atoms with Gasteiger partial charge in [-0.3, -0.25) is 4.79 Å². The molecule has 7 nitrogen and oxygen atoms in total. The molecule has 1 aliphatic rings. The maximum absolute atomic E-state index is 12.7. The number of rotatable bonds is 3. The van der Waals surface area contributed by atoms with Crippen LogP contribution in [-0.2, 0) is 0 Å². The van der Waals surface area contributed by atoms with E-state index in [-0.39, 0.29) is 11.8 Å². The van der Waals surface area contributed by atoms with Crippen LogP contribution in [0.4, 0.5) is 17.2 Å². The molecule has 0 aliphatic carbocycles. The summed E-state index contributed by atoms with van der Waals surface area (Å²) < 4.78 is 5.82. The Kier molecular flexibility index (Phi) is 4.33. The second-order valence-corrected chi connectivity index (χ2v) is 6.21. The number of aryl methyl sites for hydroxylation is 1. The van der Waals surface area contributed by atoms with Crippen molar-refractivity contribution in [3.05, 3.63) is 66.0 Å². The van der Waals surface area contributed by atoms with E-state index in [9.17, 15) is 9.90 Å².